The Morgan fingerprint density at radius 1 is 0.931 bits per heavy atom. The van der Waals surface area contributed by atoms with Crippen molar-refractivity contribution in [2.24, 2.45) is 0 Å². The summed E-state index contributed by atoms with van der Waals surface area (Å²) in [4.78, 5) is 12.4. The smallest absolute Gasteiger partial charge is 0.269 e. The number of aliphatic hydroxyl groups excluding tert-OH is 1. The predicted octanol–water partition coefficient (Wildman–Crippen LogP) is 4.06. The van der Waals surface area contributed by atoms with E-state index in [2.05, 4.69) is 29.2 Å². The zero-order chi connectivity index (χ0) is 20.6. The van der Waals surface area contributed by atoms with Crippen LogP contribution in [-0.2, 0) is 0 Å². The lowest BCUT2D eigenvalue weighted by Crippen LogP contribution is -2.36. The third-order valence-electron chi connectivity index (χ3n) is 4.66. The quantitative estimate of drug-likeness (QED) is 0.439. The van der Waals surface area contributed by atoms with Crippen LogP contribution >= 0.6 is 0 Å². The molecule has 3 rings (SSSR count). The van der Waals surface area contributed by atoms with Crippen LogP contribution in [0, 0.1) is 10.1 Å². The molecule has 0 aliphatic heterocycles. The van der Waals surface area contributed by atoms with E-state index < -0.39 is 11.0 Å². The Labute approximate surface area is 170 Å². The Morgan fingerprint density at radius 3 is 1.93 bits per heavy atom. The van der Waals surface area contributed by atoms with Gasteiger partial charge in [0.1, 0.15) is 18.5 Å². The van der Waals surface area contributed by atoms with Crippen molar-refractivity contribution >= 4 is 5.69 Å². The summed E-state index contributed by atoms with van der Waals surface area (Å²) >= 11 is 0. The van der Waals surface area contributed by atoms with Crippen molar-refractivity contribution in [1.29, 1.82) is 0 Å². The van der Waals surface area contributed by atoms with Crippen molar-refractivity contribution < 1.29 is 14.8 Å². The highest BCUT2D eigenvalue weighted by Gasteiger charge is 2.21. The molecule has 0 spiro atoms. The van der Waals surface area contributed by atoms with E-state index in [9.17, 15) is 15.2 Å². The summed E-state index contributed by atoms with van der Waals surface area (Å²) in [6, 6.07) is 26.1. The van der Waals surface area contributed by atoms with Gasteiger partial charge in [-0.2, -0.15) is 0 Å². The van der Waals surface area contributed by atoms with E-state index in [1.54, 1.807) is 0 Å². The minimum Gasteiger partial charge on any atom is -0.491 e. The van der Waals surface area contributed by atoms with Gasteiger partial charge in [-0.3, -0.25) is 15.0 Å². The molecule has 3 aromatic carbocycles. The number of aliphatic hydroxyl groups is 1. The first-order chi connectivity index (χ1) is 14.0. The van der Waals surface area contributed by atoms with Crippen LogP contribution < -0.4 is 4.74 Å². The molecule has 0 aliphatic carbocycles. The number of rotatable bonds is 9. The Morgan fingerprint density at radius 2 is 1.45 bits per heavy atom. The van der Waals surface area contributed by atoms with Gasteiger partial charge in [0.15, 0.2) is 0 Å². The molecule has 0 radical (unpaired) electrons. The SMILES string of the molecule is CN(CC(O)COc1ccc([N+](=O)[O-])cc1)C(c1ccccc1)c1ccccc1. The van der Waals surface area contributed by atoms with Gasteiger partial charge in [-0.15, -0.1) is 0 Å². The first kappa shape index (κ1) is 20.5. The fraction of sp³-hybridized carbons (Fsp3) is 0.217. The molecule has 0 saturated heterocycles. The summed E-state index contributed by atoms with van der Waals surface area (Å²) in [5.41, 5.74) is 2.29. The second-order valence-corrected chi connectivity index (χ2v) is 6.88. The van der Waals surface area contributed by atoms with Crippen molar-refractivity contribution in [3.8, 4) is 5.75 Å². The summed E-state index contributed by atoms with van der Waals surface area (Å²) in [7, 11) is 1.97. The third kappa shape index (κ3) is 5.63. The monoisotopic (exact) mass is 392 g/mol. The Bertz CT molecular complexity index is 862. The molecule has 6 heteroatoms. The van der Waals surface area contributed by atoms with E-state index >= 15 is 0 Å². The summed E-state index contributed by atoms with van der Waals surface area (Å²) in [6.45, 7) is 0.500. The standard InChI is InChI=1S/C23H24N2O4/c1-24(16-21(26)17-29-22-14-12-20(13-15-22)25(27)28)23(18-8-4-2-5-9-18)19-10-6-3-7-11-19/h2-15,21,23,26H,16-17H2,1H3. The fourth-order valence-corrected chi connectivity index (χ4v) is 3.32. The highest BCUT2D eigenvalue weighted by molar-refractivity contribution is 5.36. The van der Waals surface area contributed by atoms with Gasteiger partial charge in [0.25, 0.3) is 5.69 Å². The normalized spacial score (nSPS) is 12.1. The van der Waals surface area contributed by atoms with Crippen LogP contribution in [0.2, 0.25) is 0 Å². The van der Waals surface area contributed by atoms with Crippen LogP contribution in [0.25, 0.3) is 0 Å². The highest BCUT2D eigenvalue weighted by Crippen LogP contribution is 2.27. The van der Waals surface area contributed by atoms with E-state index in [1.807, 2.05) is 43.4 Å². The highest BCUT2D eigenvalue weighted by atomic mass is 16.6. The van der Waals surface area contributed by atoms with Crippen LogP contribution in [0.1, 0.15) is 17.2 Å². The predicted molar refractivity (Wildman–Crippen MR) is 112 cm³/mol. The summed E-state index contributed by atoms with van der Waals surface area (Å²) in [5.74, 6) is 0.486. The molecule has 0 bridgehead atoms. The molecule has 0 aromatic heterocycles. The van der Waals surface area contributed by atoms with E-state index in [-0.39, 0.29) is 18.3 Å². The van der Waals surface area contributed by atoms with Gasteiger partial charge >= 0.3 is 0 Å². The third-order valence-corrected chi connectivity index (χ3v) is 4.66. The van der Waals surface area contributed by atoms with Gasteiger partial charge in [0.05, 0.1) is 11.0 Å². The lowest BCUT2D eigenvalue weighted by atomic mass is 9.97. The van der Waals surface area contributed by atoms with Crippen LogP contribution in [0.4, 0.5) is 5.69 Å². The fourth-order valence-electron chi connectivity index (χ4n) is 3.32. The van der Waals surface area contributed by atoms with E-state index in [4.69, 9.17) is 4.74 Å². The van der Waals surface area contributed by atoms with Crippen molar-refractivity contribution in [3.63, 3.8) is 0 Å². The summed E-state index contributed by atoms with van der Waals surface area (Å²) in [6.07, 6.45) is -0.717. The zero-order valence-corrected chi connectivity index (χ0v) is 16.2. The molecule has 3 aromatic rings. The van der Waals surface area contributed by atoms with E-state index in [1.165, 1.54) is 24.3 Å². The van der Waals surface area contributed by atoms with Crippen molar-refractivity contribution in [3.05, 3.63) is 106 Å². The molecule has 0 saturated carbocycles. The maximum Gasteiger partial charge on any atom is 0.269 e. The van der Waals surface area contributed by atoms with Gasteiger partial charge in [-0.05, 0) is 30.3 Å². The molecule has 1 N–H and O–H groups in total. The van der Waals surface area contributed by atoms with Crippen LogP contribution in [-0.4, -0.2) is 41.2 Å². The van der Waals surface area contributed by atoms with Crippen LogP contribution in [0.5, 0.6) is 5.75 Å². The van der Waals surface area contributed by atoms with Crippen molar-refractivity contribution in [1.82, 2.24) is 4.90 Å². The summed E-state index contributed by atoms with van der Waals surface area (Å²) in [5, 5.41) is 21.2. The average molecular weight is 392 g/mol. The number of hydrogen-bond acceptors (Lipinski definition) is 5. The maximum atomic E-state index is 10.7. The molecule has 6 nitrogen and oxygen atoms in total. The van der Waals surface area contributed by atoms with Crippen molar-refractivity contribution in [2.75, 3.05) is 20.2 Å². The minimum absolute atomic E-state index is 0.00574. The molecule has 0 amide bonds. The molecule has 29 heavy (non-hydrogen) atoms. The number of non-ortho nitro benzene ring substituents is 1. The number of nitro benzene ring substituents is 1. The lowest BCUT2D eigenvalue weighted by Gasteiger charge is -2.30. The molecule has 1 atom stereocenters. The van der Waals surface area contributed by atoms with Crippen molar-refractivity contribution in [2.45, 2.75) is 12.1 Å². The van der Waals surface area contributed by atoms with Crippen LogP contribution in [0.15, 0.2) is 84.9 Å². The molecular formula is C23H24N2O4. The first-order valence-electron chi connectivity index (χ1n) is 9.40. The number of ether oxygens (including phenoxy) is 1. The van der Waals surface area contributed by atoms with Gasteiger partial charge in [-0.1, -0.05) is 60.7 Å². The van der Waals surface area contributed by atoms with Gasteiger partial charge in [0, 0.05) is 18.7 Å². The molecule has 1 unspecified atom stereocenters. The second kappa shape index (κ2) is 9.82. The molecular weight excluding hydrogens is 368 g/mol. The topological polar surface area (TPSA) is 75.8 Å². The average Bonchev–Trinajstić information content (AvgIpc) is 2.74. The molecule has 150 valence electrons. The van der Waals surface area contributed by atoms with E-state index in [0.717, 1.165) is 11.1 Å². The van der Waals surface area contributed by atoms with Gasteiger partial charge in [-0.25, -0.2) is 0 Å². The van der Waals surface area contributed by atoms with Gasteiger partial charge in [0.2, 0.25) is 0 Å². The Hall–Kier alpha value is -3.22. The van der Waals surface area contributed by atoms with Crippen LogP contribution in [0.3, 0.4) is 0 Å². The number of nitro groups is 1. The number of likely N-dealkylation sites (N-methyl/N-ethyl adjacent to an activating group) is 1. The summed E-state index contributed by atoms with van der Waals surface area (Å²) < 4.78 is 5.60. The zero-order valence-electron chi connectivity index (χ0n) is 16.2. The lowest BCUT2D eigenvalue weighted by molar-refractivity contribution is -0.384. The second-order valence-electron chi connectivity index (χ2n) is 6.88. The Balaban J connectivity index is 1.64. The largest absolute Gasteiger partial charge is 0.491 e. The molecule has 0 heterocycles. The maximum absolute atomic E-state index is 10.7. The van der Waals surface area contributed by atoms with Gasteiger partial charge < -0.3 is 9.84 Å². The number of hydrogen-bond donors (Lipinski definition) is 1. The molecule has 0 aliphatic rings. The van der Waals surface area contributed by atoms with E-state index in [0.29, 0.717) is 12.3 Å². The number of nitrogens with zero attached hydrogens (tertiary/aromatic N) is 2. The Kier molecular flexibility index (Phi) is 6.94. The minimum atomic E-state index is -0.717. The molecule has 0 fully saturated rings. The number of benzene rings is 3. The first-order valence-corrected chi connectivity index (χ1v) is 9.40.